The average Bonchev–Trinajstić information content (AvgIpc) is 3.04. The summed E-state index contributed by atoms with van der Waals surface area (Å²) in [5.74, 6) is -0.300. The number of unbranched alkanes of at least 4 members (excludes halogenated alkanes) is 2. The van der Waals surface area contributed by atoms with E-state index in [-0.39, 0.29) is 23.4 Å². The Balaban J connectivity index is 1.68. The van der Waals surface area contributed by atoms with Crippen LogP contribution in [0.1, 0.15) is 74.1 Å². The highest BCUT2D eigenvalue weighted by Gasteiger charge is 2.41. The van der Waals surface area contributed by atoms with Crippen LogP contribution in [0.25, 0.3) is 0 Å². The number of carbonyl (C=O) groups is 2. The molecule has 0 saturated carbocycles. The van der Waals surface area contributed by atoms with E-state index < -0.39 is 6.04 Å². The predicted octanol–water partition coefficient (Wildman–Crippen LogP) is 7.62. The number of rotatable bonds is 6. The summed E-state index contributed by atoms with van der Waals surface area (Å²) in [6.07, 6.45) is 4.18. The molecule has 190 valence electrons. The number of anilines is 2. The number of fused-ring (bicyclic) bond motifs is 1. The highest BCUT2D eigenvalue weighted by molar-refractivity contribution is 6.06. The zero-order valence-corrected chi connectivity index (χ0v) is 21.5. The Morgan fingerprint density at radius 3 is 2.46 bits per heavy atom. The molecule has 1 amide bonds. The largest absolute Gasteiger partial charge is 0.357 e. The van der Waals surface area contributed by atoms with Gasteiger partial charge in [-0.15, -0.1) is 0 Å². The van der Waals surface area contributed by atoms with Gasteiger partial charge in [0.15, 0.2) is 5.78 Å². The lowest BCUT2D eigenvalue weighted by molar-refractivity contribution is -0.119. The van der Waals surface area contributed by atoms with Crippen molar-refractivity contribution in [2.24, 2.45) is 0 Å². The minimum atomic E-state index is -0.621. The first-order valence-electron chi connectivity index (χ1n) is 13.2. The van der Waals surface area contributed by atoms with E-state index in [0.717, 1.165) is 53.0 Å². The van der Waals surface area contributed by atoms with Crippen molar-refractivity contribution in [2.75, 3.05) is 10.2 Å². The molecule has 5 rings (SSSR count). The number of hydrogen-bond acceptors (Lipinski definition) is 3. The van der Waals surface area contributed by atoms with Crippen LogP contribution in [0, 0.1) is 12.7 Å². The van der Waals surface area contributed by atoms with Gasteiger partial charge in [-0.25, -0.2) is 4.39 Å². The monoisotopic (exact) mass is 496 g/mol. The predicted molar refractivity (Wildman–Crippen MR) is 146 cm³/mol. The second-order valence-corrected chi connectivity index (χ2v) is 10.2. The molecule has 0 unspecified atom stereocenters. The van der Waals surface area contributed by atoms with Crippen molar-refractivity contribution < 1.29 is 14.0 Å². The molecule has 1 N–H and O–H groups in total. The Hall–Kier alpha value is -3.73. The van der Waals surface area contributed by atoms with Gasteiger partial charge < -0.3 is 5.32 Å². The van der Waals surface area contributed by atoms with Gasteiger partial charge in [-0.1, -0.05) is 68.3 Å². The lowest BCUT2D eigenvalue weighted by atomic mass is 9.78. The van der Waals surface area contributed by atoms with Gasteiger partial charge in [-0.05, 0) is 66.6 Å². The maximum absolute atomic E-state index is 14.0. The smallest absolute Gasteiger partial charge is 0.227 e. The molecule has 5 heteroatoms. The summed E-state index contributed by atoms with van der Waals surface area (Å²) in [6.45, 7) is 4.11. The summed E-state index contributed by atoms with van der Waals surface area (Å²) in [5.41, 5.74) is 5.91. The van der Waals surface area contributed by atoms with Crippen molar-refractivity contribution >= 4 is 23.1 Å². The van der Waals surface area contributed by atoms with Crippen LogP contribution in [0.3, 0.4) is 0 Å². The number of allylic oxidation sites excluding steroid dienone is 1. The van der Waals surface area contributed by atoms with Crippen LogP contribution in [-0.4, -0.2) is 11.7 Å². The third kappa shape index (κ3) is 5.08. The molecule has 1 aliphatic heterocycles. The molecule has 4 nitrogen and oxygen atoms in total. The number of aryl methyl sites for hydroxylation is 1. The van der Waals surface area contributed by atoms with Crippen molar-refractivity contribution in [3.05, 3.63) is 107 Å². The van der Waals surface area contributed by atoms with Crippen molar-refractivity contribution in [1.82, 2.24) is 0 Å². The van der Waals surface area contributed by atoms with Crippen molar-refractivity contribution in [3.8, 4) is 0 Å². The van der Waals surface area contributed by atoms with Crippen LogP contribution in [0.15, 0.2) is 84.1 Å². The number of nitrogens with zero attached hydrogens (tertiary/aromatic N) is 1. The van der Waals surface area contributed by atoms with Gasteiger partial charge in [0.05, 0.1) is 17.4 Å². The van der Waals surface area contributed by atoms with Gasteiger partial charge in [0.25, 0.3) is 0 Å². The first kappa shape index (κ1) is 24.9. The summed E-state index contributed by atoms with van der Waals surface area (Å²) >= 11 is 0. The minimum Gasteiger partial charge on any atom is -0.357 e. The fourth-order valence-corrected chi connectivity index (χ4v) is 5.59. The van der Waals surface area contributed by atoms with E-state index in [4.69, 9.17) is 0 Å². The van der Waals surface area contributed by atoms with Crippen LogP contribution in [0.2, 0.25) is 0 Å². The number of carbonyl (C=O) groups excluding carboxylic acids is 2. The standard InChI is InChI=1S/C32H33FN2O2/c1-3-4-6-11-30(37)35-28-18-21(2)12-17-26(28)34-27-19-24(22-9-7-5-8-10-22)20-29(36)31(27)32(35)23-13-15-25(33)16-14-23/h5,7-10,12-18,24,32,34H,3-4,6,11,19-20H2,1-2H3/t24-,32+/m1/s1. The topological polar surface area (TPSA) is 49.4 Å². The number of halogens is 1. The molecule has 2 atom stereocenters. The molecule has 37 heavy (non-hydrogen) atoms. The van der Waals surface area contributed by atoms with E-state index in [1.165, 1.54) is 12.1 Å². The SMILES string of the molecule is CCCCCC(=O)N1c2cc(C)ccc2NC2=C(C(=O)C[C@H](c3ccccc3)C2)[C@@H]1c1ccc(F)cc1. The Labute approximate surface area is 218 Å². The average molecular weight is 497 g/mol. The van der Waals surface area contributed by atoms with E-state index in [1.807, 2.05) is 43.3 Å². The van der Waals surface area contributed by atoms with Crippen LogP contribution < -0.4 is 10.2 Å². The molecule has 0 spiro atoms. The van der Waals surface area contributed by atoms with E-state index in [0.29, 0.717) is 24.8 Å². The van der Waals surface area contributed by atoms with Crippen LogP contribution in [0.4, 0.5) is 15.8 Å². The molecule has 0 aromatic heterocycles. The van der Waals surface area contributed by atoms with Gasteiger partial charge in [-0.2, -0.15) is 0 Å². The van der Waals surface area contributed by atoms with E-state index in [1.54, 1.807) is 17.0 Å². The van der Waals surface area contributed by atoms with E-state index >= 15 is 0 Å². The Bertz CT molecular complexity index is 1330. The molecular formula is C32H33FN2O2. The number of Topliss-reactive ketones (excluding diaryl/α,β-unsaturated/α-hetero) is 1. The Morgan fingerprint density at radius 1 is 0.973 bits per heavy atom. The van der Waals surface area contributed by atoms with Gasteiger partial charge in [0.2, 0.25) is 5.91 Å². The van der Waals surface area contributed by atoms with Crippen LogP contribution >= 0.6 is 0 Å². The molecule has 1 heterocycles. The third-order valence-electron chi connectivity index (χ3n) is 7.46. The van der Waals surface area contributed by atoms with Crippen LogP contribution in [0.5, 0.6) is 0 Å². The lowest BCUT2D eigenvalue weighted by Gasteiger charge is -2.35. The molecule has 3 aromatic rings. The summed E-state index contributed by atoms with van der Waals surface area (Å²) < 4.78 is 14.0. The van der Waals surface area contributed by atoms with Crippen molar-refractivity contribution in [3.63, 3.8) is 0 Å². The fourth-order valence-electron chi connectivity index (χ4n) is 5.59. The normalized spacial score (nSPS) is 19.1. The minimum absolute atomic E-state index is 0.0211. The highest BCUT2D eigenvalue weighted by atomic mass is 19.1. The van der Waals surface area contributed by atoms with Gasteiger partial charge in [-0.3, -0.25) is 14.5 Å². The van der Waals surface area contributed by atoms with Crippen molar-refractivity contribution in [2.45, 2.75) is 64.3 Å². The molecule has 1 aliphatic carbocycles. The zero-order valence-electron chi connectivity index (χ0n) is 21.5. The van der Waals surface area contributed by atoms with Gasteiger partial charge in [0, 0.05) is 24.1 Å². The summed E-state index contributed by atoms with van der Waals surface area (Å²) in [4.78, 5) is 29.7. The third-order valence-corrected chi connectivity index (χ3v) is 7.46. The fraction of sp³-hybridized carbons (Fsp3) is 0.312. The second kappa shape index (κ2) is 10.7. The number of ketones is 1. The molecule has 0 saturated heterocycles. The number of nitrogens with one attached hydrogen (secondary N) is 1. The molecular weight excluding hydrogens is 463 g/mol. The molecule has 0 radical (unpaired) electrons. The molecule has 0 bridgehead atoms. The molecule has 0 fully saturated rings. The maximum Gasteiger partial charge on any atom is 0.227 e. The van der Waals surface area contributed by atoms with Crippen LogP contribution in [-0.2, 0) is 9.59 Å². The van der Waals surface area contributed by atoms with E-state index in [2.05, 4.69) is 24.4 Å². The molecule has 3 aromatic carbocycles. The van der Waals surface area contributed by atoms with Gasteiger partial charge >= 0.3 is 0 Å². The maximum atomic E-state index is 14.0. The summed E-state index contributed by atoms with van der Waals surface area (Å²) in [6, 6.07) is 21.7. The Morgan fingerprint density at radius 2 is 1.73 bits per heavy atom. The van der Waals surface area contributed by atoms with Gasteiger partial charge in [0.1, 0.15) is 5.82 Å². The van der Waals surface area contributed by atoms with Crippen molar-refractivity contribution in [1.29, 1.82) is 0 Å². The summed E-state index contributed by atoms with van der Waals surface area (Å²) in [5, 5.41) is 3.57. The number of hydrogen-bond donors (Lipinski definition) is 1. The van der Waals surface area contributed by atoms with E-state index in [9.17, 15) is 14.0 Å². The first-order valence-corrected chi connectivity index (χ1v) is 13.2. The quantitative estimate of drug-likeness (QED) is 0.357. The molecule has 2 aliphatic rings. The number of benzene rings is 3. The summed E-state index contributed by atoms with van der Waals surface area (Å²) in [7, 11) is 0. The zero-order chi connectivity index (χ0) is 25.9. The Kier molecular flexibility index (Phi) is 7.22. The highest BCUT2D eigenvalue weighted by Crippen LogP contribution is 2.47. The number of amides is 1. The second-order valence-electron chi connectivity index (χ2n) is 10.2. The lowest BCUT2D eigenvalue weighted by Crippen LogP contribution is -2.38. The first-order chi connectivity index (χ1) is 18.0.